The van der Waals surface area contributed by atoms with Crippen molar-refractivity contribution in [2.75, 3.05) is 0 Å². The first-order valence-corrected chi connectivity index (χ1v) is 6.25. The second-order valence-corrected chi connectivity index (χ2v) is 4.86. The molecule has 0 radical (unpaired) electrons. The van der Waals surface area contributed by atoms with E-state index in [0.29, 0.717) is 0 Å². The monoisotopic (exact) mass is 245 g/mol. The van der Waals surface area contributed by atoms with Gasteiger partial charge in [0, 0.05) is 4.88 Å². The zero-order valence-corrected chi connectivity index (χ0v) is 9.91. The van der Waals surface area contributed by atoms with E-state index < -0.39 is 0 Å². The molecule has 0 saturated carbocycles. The quantitative estimate of drug-likeness (QED) is 0.771. The molecule has 4 heteroatoms. The van der Waals surface area contributed by atoms with Crippen LogP contribution in [0.4, 0.5) is 0 Å². The maximum Gasteiger partial charge on any atom is 0.200 e. The van der Waals surface area contributed by atoms with Crippen LogP contribution in [-0.4, -0.2) is 10.1 Å². The van der Waals surface area contributed by atoms with Gasteiger partial charge < -0.3 is 9.52 Å². The molecule has 2 heterocycles. The number of oxazole rings is 1. The van der Waals surface area contributed by atoms with E-state index in [1.165, 1.54) is 4.88 Å². The van der Waals surface area contributed by atoms with Gasteiger partial charge in [-0.1, -0.05) is 12.1 Å². The van der Waals surface area contributed by atoms with Crippen molar-refractivity contribution in [1.29, 1.82) is 0 Å². The molecular weight excluding hydrogens is 234 g/mol. The van der Waals surface area contributed by atoms with Crippen molar-refractivity contribution in [2.24, 2.45) is 0 Å². The van der Waals surface area contributed by atoms with Crippen LogP contribution in [0.3, 0.4) is 0 Å². The lowest BCUT2D eigenvalue weighted by molar-refractivity contribution is 0.282. The van der Waals surface area contributed by atoms with Crippen LogP contribution in [-0.2, 0) is 13.0 Å². The average molecular weight is 245 g/mol. The van der Waals surface area contributed by atoms with Gasteiger partial charge in [-0.15, -0.1) is 11.3 Å². The van der Waals surface area contributed by atoms with E-state index in [1.54, 1.807) is 11.3 Å². The number of aliphatic hydroxyl groups excluding tert-OH is 1. The lowest BCUT2D eigenvalue weighted by Crippen LogP contribution is -1.82. The van der Waals surface area contributed by atoms with Gasteiger partial charge >= 0.3 is 0 Å². The van der Waals surface area contributed by atoms with E-state index in [0.717, 1.165) is 29.0 Å². The third-order valence-electron chi connectivity index (χ3n) is 2.59. The minimum absolute atomic E-state index is 0.0247. The summed E-state index contributed by atoms with van der Waals surface area (Å²) in [5.74, 6) is 0.720. The third-order valence-corrected chi connectivity index (χ3v) is 3.46. The number of benzene rings is 1. The zero-order valence-electron chi connectivity index (χ0n) is 9.09. The lowest BCUT2D eigenvalue weighted by Gasteiger charge is -1.92. The Labute approximate surface area is 102 Å². The van der Waals surface area contributed by atoms with E-state index >= 15 is 0 Å². The highest BCUT2D eigenvalue weighted by atomic mass is 32.1. The van der Waals surface area contributed by atoms with Crippen molar-refractivity contribution in [3.63, 3.8) is 0 Å². The van der Waals surface area contributed by atoms with Crippen molar-refractivity contribution in [3.8, 4) is 0 Å². The summed E-state index contributed by atoms with van der Waals surface area (Å²) in [5.41, 5.74) is 2.42. The molecule has 0 fully saturated rings. The molecule has 1 aromatic carbocycles. The largest absolute Gasteiger partial charge is 0.440 e. The SMILES string of the molecule is OCc1ccc2nc(Cc3cccs3)oc2c1. The number of aromatic nitrogens is 1. The Balaban J connectivity index is 1.96. The Bertz CT molecular complexity index is 628. The molecule has 0 saturated heterocycles. The molecular formula is C13H11NO2S. The highest BCUT2D eigenvalue weighted by Crippen LogP contribution is 2.20. The van der Waals surface area contributed by atoms with Crippen molar-refractivity contribution in [3.05, 3.63) is 52.0 Å². The van der Waals surface area contributed by atoms with Crippen molar-refractivity contribution >= 4 is 22.4 Å². The second kappa shape index (κ2) is 4.31. The Morgan fingerprint density at radius 1 is 1.29 bits per heavy atom. The molecule has 3 rings (SSSR count). The van der Waals surface area contributed by atoms with Gasteiger partial charge in [-0.3, -0.25) is 0 Å². The van der Waals surface area contributed by atoms with Crippen LogP contribution < -0.4 is 0 Å². The fourth-order valence-corrected chi connectivity index (χ4v) is 2.45. The van der Waals surface area contributed by atoms with Gasteiger partial charge in [0.2, 0.25) is 5.89 Å². The molecule has 1 N–H and O–H groups in total. The molecule has 0 aliphatic rings. The van der Waals surface area contributed by atoms with Gasteiger partial charge in [-0.25, -0.2) is 4.98 Å². The number of nitrogens with zero attached hydrogens (tertiary/aromatic N) is 1. The van der Waals surface area contributed by atoms with Crippen LogP contribution in [0.1, 0.15) is 16.3 Å². The van der Waals surface area contributed by atoms with Crippen LogP contribution in [0.5, 0.6) is 0 Å². The lowest BCUT2D eigenvalue weighted by atomic mass is 10.2. The minimum atomic E-state index is 0.0247. The summed E-state index contributed by atoms with van der Waals surface area (Å²) in [4.78, 5) is 5.66. The summed E-state index contributed by atoms with van der Waals surface area (Å²) in [5, 5.41) is 11.1. The highest BCUT2D eigenvalue weighted by molar-refractivity contribution is 7.09. The van der Waals surface area contributed by atoms with E-state index in [2.05, 4.69) is 11.1 Å². The molecule has 3 aromatic rings. The summed E-state index contributed by atoms with van der Waals surface area (Å²) in [7, 11) is 0. The summed E-state index contributed by atoms with van der Waals surface area (Å²) in [6, 6.07) is 9.66. The van der Waals surface area contributed by atoms with Crippen LogP contribution in [0.25, 0.3) is 11.1 Å². The molecule has 17 heavy (non-hydrogen) atoms. The van der Waals surface area contributed by atoms with E-state index in [1.807, 2.05) is 29.6 Å². The minimum Gasteiger partial charge on any atom is -0.440 e. The Hall–Kier alpha value is -1.65. The Morgan fingerprint density at radius 3 is 3.00 bits per heavy atom. The van der Waals surface area contributed by atoms with Crippen LogP contribution >= 0.6 is 11.3 Å². The van der Waals surface area contributed by atoms with Crippen molar-refractivity contribution < 1.29 is 9.52 Å². The molecule has 0 amide bonds. The smallest absolute Gasteiger partial charge is 0.200 e. The maximum atomic E-state index is 9.05. The van der Waals surface area contributed by atoms with Crippen molar-refractivity contribution in [1.82, 2.24) is 4.98 Å². The molecule has 0 bridgehead atoms. The third kappa shape index (κ3) is 2.09. The predicted molar refractivity (Wildman–Crippen MR) is 67.1 cm³/mol. The normalized spacial score (nSPS) is 11.1. The molecule has 2 aromatic heterocycles. The number of hydrogen-bond donors (Lipinski definition) is 1. The highest BCUT2D eigenvalue weighted by Gasteiger charge is 2.07. The first kappa shape index (κ1) is 10.5. The fraction of sp³-hybridized carbons (Fsp3) is 0.154. The number of aliphatic hydroxyl groups is 1. The number of rotatable bonds is 3. The first-order valence-electron chi connectivity index (χ1n) is 5.37. The van der Waals surface area contributed by atoms with Crippen molar-refractivity contribution in [2.45, 2.75) is 13.0 Å². The topological polar surface area (TPSA) is 46.3 Å². The van der Waals surface area contributed by atoms with Gasteiger partial charge in [0.1, 0.15) is 5.52 Å². The van der Waals surface area contributed by atoms with Gasteiger partial charge in [0.05, 0.1) is 13.0 Å². The molecule has 0 aliphatic carbocycles. The predicted octanol–water partition coefficient (Wildman–Crippen LogP) is 2.97. The molecule has 0 unspecified atom stereocenters. The van der Waals surface area contributed by atoms with E-state index in [4.69, 9.17) is 9.52 Å². The molecule has 86 valence electrons. The van der Waals surface area contributed by atoms with E-state index in [9.17, 15) is 0 Å². The number of hydrogen-bond acceptors (Lipinski definition) is 4. The Kier molecular flexibility index (Phi) is 2.66. The molecule has 0 atom stereocenters. The summed E-state index contributed by atoms with van der Waals surface area (Å²) in [6.45, 7) is 0.0247. The summed E-state index contributed by atoms with van der Waals surface area (Å²) < 4.78 is 5.67. The zero-order chi connectivity index (χ0) is 11.7. The van der Waals surface area contributed by atoms with E-state index in [-0.39, 0.29) is 6.61 Å². The summed E-state index contributed by atoms with van der Waals surface area (Å²) in [6.07, 6.45) is 0.723. The summed E-state index contributed by atoms with van der Waals surface area (Å²) >= 11 is 1.70. The van der Waals surface area contributed by atoms with Gasteiger partial charge in [0.15, 0.2) is 5.58 Å². The van der Waals surface area contributed by atoms with Crippen LogP contribution in [0.2, 0.25) is 0 Å². The van der Waals surface area contributed by atoms with Gasteiger partial charge in [-0.05, 0) is 29.1 Å². The number of thiophene rings is 1. The van der Waals surface area contributed by atoms with Crippen LogP contribution in [0, 0.1) is 0 Å². The second-order valence-electron chi connectivity index (χ2n) is 3.82. The average Bonchev–Trinajstić information content (AvgIpc) is 2.96. The Morgan fingerprint density at radius 2 is 2.24 bits per heavy atom. The van der Waals surface area contributed by atoms with Gasteiger partial charge in [-0.2, -0.15) is 0 Å². The molecule has 0 aliphatic heterocycles. The fourth-order valence-electron chi connectivity index (χ4n) is 1.75. The van der Waals surface area contributed by atoms with Gasteiger partial charge in [0.25, 0.3) is 0 Å². The maximum absolute atomic E-state index is 9.05. The molecule has 0 spiro atoms. The molecule has 3 nitrogen and oxygen atoms in total. The standard InChI is InChI=1S/C13H11NO2S/c15-8-9-3-4-11-12(6-9)16-13(14-11)7-10-2-1-5-17-10/h1-6,15H,7-8H2. The number of fused-ring (bicyclic) bond motifs is 1. The van der Waals surface area contributed by atoms with Crippen LogP contribution in [0.15, 0.2) is 40.1 Å². The first-order chi connectivity index (χ1) is 8.35.